The normalized spacial score (nSPS) is 9.41. The van der Waals surface area contributed by atoms with Crippen molar-refractivity contribution in [2.24, 2.45) is 0 Å². The van der Waals surface area contributed by atoms with Crippen LogP contribution in [-0.4, -0.2) is 45.8 Å². The van der Waals surface area contributed by atoms with Gasteiger partial charge in [-0.05, 0) is 21.1 Å². The molecule has 0 saturated heterocycles. The zero-order chi connectivity index (χ0) is 17.6. The van der Waals surface area contributed by atoms with Crippen molar-refractivity contribution in [2.75, 3.05) is 21.1 Å². The standard InChI is InChI=1S/C5H6.3C4H9.C3H9N.Sn.H/c1-3-5-4-2;3*1-3-4-2;1-4(2)3;;/h1,4H,2,5H2;3*1,3-4H2,2H3;1-3H3;;. The van der Waals surface area contributed by atoms with Gasteiger partial charge in [-0.3, -0.25) is 0 Å². The van der Waals surface area contributed by atoms with Crippen LogP contribution in [0.4, 0.5) is 0 Å². The van der Waals surface area contributed by atoms with Gasteiger partial charge in [0.2, 0.25) is 0 Å². The Morgan fingerprint density at radius 3 is 1.36 bits per heavy atom. The largest absolute Gasteiger partial charge is 0.312 e. The third-order valence-electron chi connectivity index (χ3n) is 3.16. The Kier molecular flexibility index (Phi) is 31.8. The Morgan fingerprint density at radius 1 is 0.909 bits per heavy atom. The number of hydrogen-bond donors (Lipinski definition) is 0. The van der Waals surface area contributed by atoms with Gasteiger partial charge in [-0.2, -0.15) is 0 Å². The van der Waals surface area contributed by atoms with Gasteiger partial charge < -0.3 is 4.90 Å². The van der Waals surface area contributed by atoms with Crippen LogP contribution in [0.2, 0.25) is 13.3 Å². The molecule has 132 valence electrons. The molecule has 0 unspecified atom stereocenters. The zero-order valence-electron chi connectivity index (χ0n) is 16.5. The predicted octanol–water partition coefficient (Wildman–Crippen LogP) is 5.99. The fraction of sp³-hybridized carbons (Fsp3) is 0.800. The van der Waals surface area contributed by atoms with Crippen LogP contribution in [0.15, 0.2) is 12.7 Å². The number of allylic oxidation sites excluding steroid dienone is 1. The Morgan fingerprint density at radius 2 is 1.23 bits per heavy atom. The van der Waals surface area contributed by atoms with Gasteiger partial charge in [-0.1, -0.05) is 6.08 Å². The summed E-state index contributed by atoms with van der Waals surface area (Å²) in [6, 6.07) is 0. The minimum atomic E-state index is -0.967. The molecule has 0 radical (unpaired) electrons. The van der Waals surface area contributed by atoms with Gasteiger partial charge in [0.25, 0.3) is 0 Å². The minimum Gasteiger partial charge on any atom is -0.312 e. The SMILES string of the molecule is C#CCC=C.CCC[CH2][SnH]([CH2]CCC)[CH2]CCC.CN(C)C. The fourth-order valence-electron chi connectivity index (χ4n) is 1.99. The van der Waals surface area contributed by atoms with Crippen LogP contribution >= 0.6 is 0 Å². The van der Waals surface area contributed by atoms with E-state index in [0.717, 1.165) is 0 Å². The summed E-state index contributed by atoms with van der Waals surface area (Å²) in [5.74, 6) is 2.40. The Hall–Kier alpha value is 0.0587. The first-order valence-electron chi connectivity index (χ1n) is 9.15. The first kappa shape index (κ1) is 26.9. The Bertz CT molecular complexity index is 209. The molecule has 0 aromatic carbocycles. The summed E-state index contributed by atoms with van der Waals surface area (Å²) in [5.41, 5.74) is 0. The molecule has 0 aliphatic rings. The number of hydrogen-bond acceptors (Lipinski definition) is 1. The van der Waals surface area contributed by atoms with Gasteiger partial charge in [0.15, 0.2) is 0 Å². The van der Waals surface area contributed by atoms with E-state index >= 15 is 0 Å². The molecule has 0 saturated carbocycles. The molecule has 0 atom stereocenters. The van der Waals surface area contributed by atoms with Crippen molar-refractivity contribution in [1.82, 2.24) is 4.90 Å². The van der Waals surface area contributed by atoms with Gasteiger partial charge in [0.05, 0.1) is 0 Å². The van der Waals surface area contributed by atoms with Crippen LogP contribution in [-0.2, 0) is 0 Å². The average Bonchev–Trinajstić information content (AvgIpc) is 2.47. The van der Waals surface area contributed by atoms with E-state index in [4.69, 9.17) is 6.42 Å². The van der Waals surface area contributed by atoms with Crippen LogP contribution in [0.25, 0.3) is 0 Å². The average molecular weight is 416 g/mol. The summed E-state index contributed by atoms with van der Waals surface area (Å²) in [7, 11) is 6.00. The molecular weight excluding hydrogens is 373 g/mol. The first-order valence-corrected chi connectivity index (χ1v) is 16.1. The predicted molar refractivity (Wildman–Crippen MR) is 110 cm³/mol. The van der Waals surface area contributed by atoms with Crippen molar-refractivity contribution in [2.45, 2.75) is 79.0 Å². The molecule has 0 rings (SSSR count). The van der Waals surface area contributed by atoms with E-state index in [0.29, 0.717) is 6.42 Å². The van der Waals surface area contributed by atoms with Gasteiger partial charge in [0, 0.05) is 6.42 Å². The molecule has 0 aromatic rings. The van der Waals surface area contributed by atoms with E-state index in [2.05, 4.69) is 33.3 Å². The Balaban J connectivity index is -0.000000330. The molecule has 0 heterocycles. The second-order valence-corrected chi connectivity index (χ2v) is 16.2. The van der Waals surface area contributed by atoms with E-state index in [1.54, 1.807) is 19.4 Å². The second kappa shape index (κ2) is 26.0. The van der Waals surface area contributed by atoms with Crippen molar-refractivity contribution in [3.8, 4) is 12.3 Å². The Labute approximate surface area is 149 Å². The molecule has 0 amide bonds. The van der Waals surface area contributed by atoms with E-state index < -0.39 is 19.8 Å². The van der Waals surface area contributed by atoms with Gasteiger partial charge >= 0.3 is 92.4 Å². The molecule has 0 aliphatic carbocycles. The number of nitrogens with zero attached hydrogens (tertiary/aromatic N) is 1. The van der Waals surface area contributed by atoms with Crippen molar-refractivity contribution in [3.63, 3.8) is 0 Å². The summed E-state index contributed by atoms with van der Waals surface area (Å²) in [6.07, 6.45) is 16.1. The van der Waals surface area contributed by atoms with Crippen LogP contribution in [0, 0.1) is 12.3 Å². The molecule has 1 nitrogen and oxygen atoms in total. The van der Waals surface area contributed by atoms with E-state index in [9.17, 15) is 0 Å². The van der Waals surface area contributed by atoms with Gasteiger partial charge in [-0.25, -0.2) is 0 Å². The molecule has 0 aromatic heterocycles. The van der Waals surface area contributed by atoms with Crippen LogP contribution in [0.1, 0.15) is 65.7 Å². The summed E-state index contributed by atoms with van der Waals surface area (Å²) in [5, 5.41) is 0. The van der Waals surface area contributed by atoms with Crippen LogP contribution in [0.5, 0.6) is 0 Å². The molecule has 0 fully saturated rings. The van der Waals surface area contributed by atoms with E-state index in [-0.39, 0.29) is 0 Å². The molecule has 0 bridgehead atoms. The molecule has 2 heteroatoms. The third-order valence-corrected chi connectivity index (χ3v) is 13.6. The second-order valence-electron chi connectivity index (χ2n) is 6.33. The number of terminal acetylenes is 1. The van der Waals surface area contributed by atoms with Crippen LogP contribution < -0.4 is 0 Å². The molecule has 0 N–H and O–H groups in total. The molecule has 0 spiro atoms. The molecular formula is C20H43NSn. The molecule has 0 aliphatic heterocycles. The van der Waals surface area contributed by atoms with Crippen LogP contribution in [0.3, 0.4) is 0 Å². The zero-order valence-corrected chi connectivity index (χ0v) is 19.8. The minimum absolute atomic E-state index is 0.681. The fourth-order valence-corrected chi connectivity index (χ4v) is 12.9. The van der Waals surface area contributed by atoms with Crippen molar-refractivity contribution in [3.05, 3.63) is 12.7 Å². The number of unbranched alkanes of at least 4 members (excludes halogenated alkanes) is 3. The maximum Gasteiger partial charge on any atom is -0.0140 e. The van der Waals surface area contributed by atoms with Gasteiger partial charge in [-0.15, -0.1) is 18.9 Å². The van der Waals surface area contributed by atoms with E-state index in [1.807, 2.05) is 26.0 Å². The first-order chi connectivity index (χ1) is 10.5. The maximum atomic E-state index is 4.82. The van der Waals surface area contributed by atoms with Gasteiger partial charge in [0.1, 0.15) is 0 Å². The van der Waals surface area contributed by atoms with Crippen molar-refractivity contribution in [1.29, 1.82) is 0 Å². The maximum absolute atomic E-state index is 4.82. The smallest absolute Gasteiger partial charge is 0.0140 e. The number of rotatable bonds is 10. The van der Waals surface area contributed by atoms with Crippen molar-refractivity contribution < 1.29 is 0 Å². The topological polar surface area (TPSA) is 3.24 Å². The van der Waals surface area contributed by atoms with E-state index in [1.165, 1.54) is 38.5 Å². The van der Waals surface area contributed by atoms with Crippen molar-refractivity contribution >= 4 is 19.8 Å². The summed E-state index contributed by atoms with van der Waals surface area (Å²) >= 11 is -0.967. The third kappa shape index (κ3) is 36.9. The summed E-state index contributed by atoms with van der Waals surface area (Å²) in [4.78, 5) is 2.00. The quantitative estimate of drug-likeness (QED) is 0.240. The monoisotopic (exact) mass is 417 g/mol. The summed E-state index contributed by atoms with van der Waals surface area (Å²) in [6.45, 7) is 10.4. The summed E-state index contributed by atoms with van der Waals surface area (Å²) < 4.78 is 5.08. The molecule has 22 heavy (non-hydrogen) atoms.